The van der Waals surface area contributed by atoms with Gasteiger partial charge in [-0.05, 0) is 19.9 Å². The highest BCUT2D eigenvalue weighted by Gasteiger charge is 2.19. The van der Waals surface area contributed by atoms with Gasteiger partial charge >= 0.3 is 0 Å². The Labute approximate surface area is 138 Å². The molecule has 10 heteroatoms. The van der Waals surface area contributed by atoms with Gasteiger partial charge in [0.2, 0.25) is 0 Å². The highest BCUT2D eigenvalue weighted by Crippen LogP contribution is 2.18. The molecule has 3 N–H and O–H groups in total. The fraction of sp³-hybridized carbons (Fsp3) is 0.308. The van der Waals surface area contributed by atoms with Gasteiger partial charge in [0.1, 0.15) is 0 Å². The summed E-state index contributed by atoms with van der Waals surface area (Å²) in [5.74, 6) is -0.382. The predicted octanol–water partition coefficient (Wildman–Crippen LogP) is 0.983. The molecule has 1 atom stereocenters. The number of halogens is 1. The zero-order valence-electron chi connectivity index (χ0n) is 12.6. The predicted molar refractivity (Wildman–Crippen MR) is 86.0 cm³/mol. The van der Waals surface area contributed by atoms with Gasteiger partial charge in [0, 0.05) is 24.7 Å². The Morgan fingerprint density at radius 3 is 2.83 bits per heavy atom. The van der Waals surface area contributed by atoms with E-state index in [0.717, 1.165) is 0 Å². The molecule has 0 saturated carbocycles. The molecule has 0 aliphatic heterocycles. The van der Waals surface area contributed by atoms with Crippen LogP contribution in [0.15, 0.2) is 24.3 Å². The number of nitrogens with two attached hydrogens (primary N) is 1. The SMILES string of the molecule is Cc1c(C(=O)N[C@@H](C)CN)nnn1-c1cccc([N+](=O)[O-])c1.Cl. The van der Waals surface area contributed by atoms with E-state index in [1.807, 2.05) is 0 Å². The number of hydrogen-bond donors (Lipinski definition) is 2. The minimum atomic E-state index is -0.494. The first-order valence-corrected chi connectivity index (χ1v) is 6.62. The van der Waals surface area contributed by atoms with Crippen molar-refractivity contribution in [1.82, 2.24) is 20.3 Å². The Morgan fingerprint density at radius 1 is 1.52 bits per heavy atom. The van der Waals surface area contributed by atoms with E-state index in [1.54, 1.807) is 26.0 Å². The lowest BCUT2D eigenvalue weighted by Crippen LogP contribution is -2.38. The highest BCUT2D eigenvalue weighted by atomic mass is 35.5. The molecule has 23 heavy (non-hydrogen) atoms. The van der Waals surface area contributed by atoms with Gasteiger partial charge in [0.25, 0.3) is 11.6 Å². The third-order valence-corrected chi connectivity index (χ3v) is 3.13. The summed E-state index contributed by atoms with van der Waals surface area (Å²) in [4.78, 5) is 22.4. The van der Waals surface area contributed by atoms with Crippen LogP contribution in [0, 0.1) is 17.0 Å². The topological polar surface area (TPSA) is 129 Å². The normalized spacial score (nSPS) is 11.4. The lowest BCUT2D eigenvalue weighted by atomic mass is 10.2. The standard InChI is InChI=1S/C13H16N6O3.ClH/c1-8(7-14)15-13(20)12-9(2)18(17-16-12)10-4-3-5-11(6-10)19(21)22;/h3-6,8H,7,14H2,1-2H3,(H,15,20);1H/t8-;/m0./s1. The third kappa shape index (κ3) is 4.02. The lowest BCUT2D eigenvalue weighted by molar-refractivity contribution is -0.384. The summed E-state index contributed by atoms with van der Waals surface area (Å²) >= 11 is 0. The maximum absolute atomic E-state index is 12.1. The van der Waals surface area contributed by atoms with Crippen LogP contribution in [-0.2, 0) is 0 Å². The number of nitrogens with zero attached hydrogens (tertiary/aromatic N) is 4. The molecule has 0 bridgehead atoms. The van der Waals surface area contributed by atoms with Gasteiger partial charge in [-0.3, -0.25) is 14.9 Å². The van der Waals surface area contributed by atoms with Crippen molar-refractivity contribution in [2.75, 3.05) is 6.54 Å². The number of aromatic nitrogens is 3. The van der Waals surface area contributed by atoms with E-state index in [4.69, 9.17) is 5.73 Å². The molecule has 0 aliphatic rings. The van der Waals surface area contributed by atoms with E-state index >= 15 is 0 Å². The maximum Gasteiger partial charge on any atom is 0.274 e. The highest BCUT2D eigenvalue weighted by molar-refractivity contribution is 5.93. The molecular formula is C13H17ClN6O3. The number of carbonyl (C=O) groups is 1. The van der Waals surface area contributed by atoms with Crippen LogP contribution in [0.4, 0.5) is 5.69 Å². The average Bonchev–Trinajstić information content (AvgIpc) is 2.89. The monoisotopic (exact) mass is 340 g/mol. The minimum Gasteiger partial charge on any atom is -0.347 e. The Balaban J connectivity index is 0.00000264. The molecule has 2 rings (SSSR count). The summed E-state index contributed by atoms with van der Waals surface area (Å²) in [7, 11) is 0. The number of non-ortho nitro benzene ring substituents is 1. The number of amides is 1. The van der Waals surface area contributed by atoms with Crippen LogP contribution >= 0.6 is 12.4 Å². The van der Waals surface area contributed by atoms with E-state index in [2.05, 4.69) is 15.6 Å². The van der Waals surface area contributed by atoms with Gasteiger partial charge in [-0.15, -0.1) is 17.5 Å². The summed E-state index contributed by atoms with van der Waals surface area (Å²) in [6.45, 7) is 3.75. The summed E-state index contributed by atoms with van der Waals surface area (Å²) in [6.07, 6.45) is 0. The van der Waals surface area contributed by atoms with Crippen LogP contribution in [0.2, 0.25) is 0 Å². The second-order valence-corrected chi connectivity index (χ2v) is 4.82. The summed E-state index contributed by atoms with van der Waals surface area (Å²) < 4.78 is 1.38. The van der Waals surface area contributed by atoms with Crippen molar-refractivity contribution < 1.29 is 9.72 Å². The molecule has 124 valence electrons. The largest absolute Gasteiger partial charge is 0.347 e. The maximum atomic E-state index is 12.1. The van der Waals surface area contributed by atoms with Crippen molar-refractivity contribution in [3.63, 3.8) is 0 Å². The fourth-order valence-electron chi connectivity index (χ4n) is 1.87. The number of benzene rings is 1. The number of carbonyl (C=O) groups excluding carboxylic acids is 1. The second kappa shape index (κ2) is 7.65. The number of nitro benzene ring substituents is 1. The van der Waals surface area contributed by atoms with Crippen LogP contribution in [0.1, 0.15) is 23.1 Å². The van der Waals surface area contributed by atoms with Crippen molar-refractivity contribution in [2.24, 2.45) is 5.73 Å². The Bertz CT molecular complexity index is 717. The van der Waals surface area contributed by atoms with E-state index in [9.17, 15) is 14.9 Å². The molecule has 1 amide bonds. The molecule has 0 spiro atoms. The molecule has 1 heterocycles. The smallest absolute Gasteiger partial charge is 0.274 e. The molecule has 0 radical (unpaired) electrons. The van der Waals surface area contributed by atoms with Gasteiger partial charge in [-0.25, -0.2) is 4.68 Å². The van der Waals surface area contributed by atoms with Gasteiger partial charge in [0.15, 0.2) is 5.69 Å². The molecule has 9 nitrogen and oxygen atoms in total. The van der Waals surface area contributed by atoms with Gasteiger partial charge in [-0.1, -0.05) is 11.3 Å². The van der Waals surface area contributed by atoms with Gasteiger partial charge in [0.05, 0.1) is 16.3 Å². The van der Waals surface area contributed by atoms with Crippen LogP contribution in [0.25, 0.3) is 5.69 Å². The van der Waals surface area contributed by atoms with Crippen LogP contribution in [-0.4, -0.2) is 38.4 Å². The molecule has 0 unspecified atom stereocenters. The Hall–Kier alpha value is -2.52. The first-order valence-electron chi connectivity index (χ1n) is 6.62. The average molecular weight is 341 g/mol. The second-order valence-electron chi connectivity index (χ2n) is 4.82. The van der Waals surface area contributed by atoms with E-state index in [-0.39, 0.29) is 35.7 Å². The zero-order chi connectivity index (χ0) is 16.3. The van der Waals surface area contributed by atoms with Crippen LogP contribution in [0.3, 0.4) is 0 Å². The Morgan fingerprint density at radius 2 is 2.22 bits per heavy atom. The van der Waals surface area contributed by atoms with Gasteiger partial charge in [-0.2, -0.15) is 0 Å². The van der Waals surface area contributed by atoms with E-state index in [0.29, 0.717) is 17.9 Å². The lowest BCUT2D eigenvalue weighted by Gasteiger charge is -2.10. The zero-order valence-corrected chi connectivity index (χ0v) is 13.4. The van der Waals surface area contributed by atoms with E-state index < -0.39 is 4.92 Å². The third-order valence-electron chi connectivity index (χ3n) is 3.13. The minimum absolute atomic E-state index is 0. The molecule has 2 aromatic rings. The Kier molecular flexibility index (Phi) is 6.17. The fourth-order valence-corrected chi connectivity index (χ4v) is 1.87. The molecule has 0 saturated heterocycles. The summed E-state index contributed by atoms with van der Waals surface area (Å²) in [5.41, 5.74) is 6.51. The number of rotatable bonds is 5. The number of nitrogens with one attached hydrogen (secondary N) is 1. The van der Waals surface area contributed by atoms with Crippen molar-refractivity contribution in [1.29, 1.82) is 0 Å². The first-order chi connectivity index (χ1) is 10.4. The number of hydrogen-bond acceptors (Lipinski definition) is 6. The molecule has 1 aromatic heterocycles. The van der Waals surface area contributed by atoms with Crippen molar-refractivity contribution in [2.45, 2.75) is 19.9 Å². The molecular weight excluding hydrogens is 324 g/mol. The van der Waals surface area contributed by atoms with Crippen molar-refractivity contribution in [3.8, 4) is 5.69 Å². The quantitative estimate of drug-likeness (QED) is 0.616. The number of nitro groups is 1. The molecule has 1 aromatic carbocycles. The summed E-state index contributed by atoms with van der Waals surface area (Å²) in [5, 5.41) is 21.3. The van der Waals surface area contributed by atoms with Crippen molar-refractivity contribution >= 4 is 24.0 Å². The van der Waals surface area contributed by atoms with Crippen LogP contribution in [0.5, 0.6) is 0 Å². The van der Waals surface area contributed by atoms with E-state index in [1.165, 1.54) is 16.8 Å². The molecule has 0 aliphatic carbocycles. The van der Waals surface area contributed by atoms with Crippen molar-refractivity contribution in [3.05, 3.63) is 45.8 Å². The van der Waals surface area contributed by atoms with Crippen LogP contribution < -0.4 is 11.1 Å². The summed E-state index contributed by atoms with van der Waals surface area (Å²) in [6, 6.07) is 5.76. The molecule has 0 fully saturated rings. The van der Waals surface area contributed by atoms with Gasteiger partial charge < -0.3 is 11.1 Å². The first kappa shape index (κ1) is 18.5.